The molecule has 8 nitrogen and oxygen atoms in total. The lowest BCUT2D eigenvalue weighted by atomic mass is 9.78. The number of hydrazone groups is 1. The van der Waals surface area contributed by atoms with E-state index in [-0.39, 0.29) is 34.3 Å². The van der Waals surface area contributed by atoms with Crippen LogP contribution in [0, 0.1) is 26.7 Å². The number of ketones is 1. The fourth-order valence-electron chi connectivity index (χ4n) is 7.03. The van der Waals surface area contributed by atoms with Crippen molar-refractivity contribution in [2.75, 3.05) is 23.3 Å². The molecule has 0 atom stereocenters. The maximum Gasteiger partial charge on any atom is 0.277 e. The Labute approximate surface area is 266 Å². The lowest BCUT2D eigenvalue weighted by Crippen LogP contribution is -2.40. The molecule has 2 N–H and O–H groups in total. The Morgan fingerprint density at radius 3 is 2.16 bits per heavy atom. The van der Waals surface area contributed by atoms with Gasteiger partial charge in [-0.3, -0.25) is 14.4 Å². The third-order valence-corrected chi connectivity index (χ3v) is 9.24. The third kappa shape index (κ3) is 5.95. The molecule has 0 spiro atoms. The fraction of sp³-hybridized carbons (Fsp3) is 0.459. The number of aliphatic hydroxyl groups is 1. The summed E-state index contributed by atoms with van der Waals surface area (Å²) < 4.78 is 0. The molecule has 5 rings (SSSR count). The Kier molecular flexibility index (Phi) is 8.80. The number of Topliss-reactive ketones (excluding diaryl/α,β-unsaturated/α-hetero) is 1. The van der Waals surface area contributed by atoms with Crippen LogP contribution in [0.15, 0.2) is 52.3 Å². The smallest absolute Gasteiger partial charge is 0.277 e. The number of nitrogens with zero attached hydrogens (tertiary/aromatic N) is 3. The first-order valence-electron chi connectivity index (χ1n) is 16.2. The molecule has 0 unspecified atom stereocenters. The molecule has 1 saturated carbocycles. The monoisotopic (exact) mass is 610 g/mol. The predicted molar refractivity (Wildman–Crippen MR) is 181 cm³/mol. The molecule has 238 valence electrons. The summed E-state index contributed by atoms with van der Waals surface area (Å²) >= 11 is 0. The standard InChI is InChI=1S/C37H46N4O4/c1-9-40(10-2)25-15-16-26(27(20-25)38-35(44)29-22(4)17-21(3)18-23(29)5)30-33(42)32(34(30)43)31-28(19-24-13-11-12-14-24)39-41(36(31)45)37(6,7)8/h15-18,20,24,42H,9-14,19H2,1-8H3,(H,38,44)/b32-31-. The second-order valence-electron chi connectivity index (χ2n) is 13.6. The summed E-state index contributed by atoms with van der Waals surface area (Å²) in [7, 11) is 0. The highest BCUT2D eigenvalue weighted by atomic mass is 16.3. The van der Waals surface area contributed by atoms with Gasteiger partial charge in [0, 0.05) is 29.9 Å². The first-order chi connectivity index (χ1) is 21.3. The Bertz CT molecular complexity index is 1640. The molecular formula is C37H46N4O4. The van der Waals surface area contributed by atoms with Crippen LogP contribution in [0.2, 0.25) is 0 Å². The molecule has 1 fully saturated rings. The van der Waals surface area contributed by atoms with Crippen molar-refractivity contribution in [2.24, 2.45) is 11.0 Å². The Hall–Kier alpha value is -4.20. The number of allylic oxidation sites excluding steroid dienone is 2. The average molecular weight is 611 g/mol. The minimum Gasteiger partial charge on any atom is -0.506 e. The summed E-state index contributed by atoms with van der Waals surface area (Å²) in [6, 6.07) is 9.47. The quantitative estimate of drug-likeness (QED) is 0.303. The Morgan fingerprint density at radius 1 is 0.978 bits per heavy atom. The van der Waals surface area contributed by atoms with Gasteiger partial charge in [0.15, 0.2) is 0 Å². The second-order valence-corrected chi connectivity index (χ2v) is 13.6. The molecule has 1 aliphatic heterocycles. The van der Waals surface area contributed by atoms with Gasteiger partial charge in [0.05, 0.1) is 33.7 Å². The van der Waals surface area contributed by atoms with Gasteiger partial charge in [0.2, 0.25) is 5.78 Å². The van der Waals surface area contributed by atoms with Crippen LogP contribution in [0.4, 0.5) is 11.4 Å². The van der Waals surface area contributed by atoms with E-state index in [1.54, 1.807) is 6.07 Å². The third-order valence-electron chi connectivity index (χ3n) is 9.24. The number of carbonyl (C=O) groups is 3. The van der Waals surface area contributed by atoms with Crippen LogP contribution in [0.3, 0.4) is 0 Å². The molecule has 2 aromatic rings. The van der Waals surface area contributed by atoms with Crippen molar-refractivity contribution in [1.29, 1.82) is 0 Å². The van der Waals surface area contributed by atoms with Crippen molar-refractivity contribution < 1.29 is 19.5 Å². The molecule has 1 heterocycles. The zero-order valence-electron chi connectivity index (χ0n) is 27.9. The number of amides is 2. The highest BCUT2D eigenvalue weighted by Crippen LogP contribution is 2.44. The number of hydrogen-bond acceptors (Lipinski definition) is 6. The van der Waals surface area contributed by atoms with E-state index in [4.69, 9.17) is 5.10 Å². The maximum atomic E-state index is 14.0. The van der Waals surface area contributed by atoms with Crippen LogP contribution in [-0.2, 0) is 9.59 Å². The number of rotatable bonds is 8. The predicted octanol–water partition coefficient (Wildman–Crippen LogP) is 7.44. The van der Waals surface area contributed by atoms with Crippen molar-refractivity contribution in [1.82, 2.24) is 5.01 Å². The van der Waals surface area contributed by atoms with Crippen LogP contribution in [0.5, 0.6) is 0 Å². The fourth-order valence-corrected chi connectivity index (χ4v) is 7.03. The van der Waals surface area contributed by atoms with Gasteiger partial charge in [0.1, 0.15) is 5.76 Å². The summed E-state index contributed by atoms with van der Waals surface area (Å²) in [5.41, 5.74) is 5.42. The van der Waals surface area contributed by atoms with Crippen molar-refractivity contribution in [3.63, 3.8) is 0 Å². The van der Waals surface area contributed by atoms with Gasteiger partial charge in [-0.25, -0.2) is 5.01 Å². The molecule has 0 saturated heterocycles. The topological polar surface area (TPSA) is 102 Å². The van der Waals surface area contributed by atoms with Gasteiger partial charge >= 0.3 is 0 Å². The SMILES string of the molecule is CCN(CC)c1ccc(C2=C(O)/C(=C3/C(=O)N(C(C)(C)C)N=C3CC3CCCC3)C2=O)c(NC(=O)c2c(C)cc(C)cc2C)c1. The minimum absolute atomic E-state index is 0.0221. The summed E-state index contributed by atoms with van der Waals surface area (Å²) in [5, 5.41) is 20.8. The van der Waals surface area contributed by atoms with Crippen molar-refractivity contribution in [3.05, 3.63) is 75.1 Å². The highest BCUT2D eigenvalue weighted by Gasteiger charge is 2.46. The minimum atomic E-state index is -0.584. The van der Waals surface area contributed by atoms with E-state index in [9.17, 15) is 19.5 Å². The largest absolute Gasteiger partial charge is 0.506 e. The van der Waals surface area contributed by atoms with E-state index in [2.05, 4.69) is 24.1 Å². The molecule has 3 aliphatic rings. The van der Waals surface area contributed by atoms with Crippen LogP contribution < -0.4 is 10.2 Å². The van der Waals surface area contributed by atoms with E-state index in [0.29, 0.717) is 34.9 Å². The number of aryl methyl sites for hydroxylation is 3. The molecule has 2 aromatic carbocycles. The first kappa shape index (κ1) is 32.2. The molecular weight excluding hydrogens is 564 g/mol. The van der Waals surface area contributed by atoms with Crippen molar-refractivity contribution in [2.45, 2.75) is 93.0 Å². The van der Waals surface area contributed by atoms with Crippen molar-refractivity contribution >= 4 is 40.3 Å². The first-order valence-corrected chi connectivity index (χ1v) is 16.2. The average Bonchev–Trinajstić information content (AvgIpc) is 3.58. The normalized spacial score (nSPS) is 18.9. The van der Waals surface area contributed by atoms with Crippen LogP contribution in [0.1, 0.15) is 99.3 Å². The molecule has 0 bridgehead atoms. The number of carbonyl (C=O) groups excluding carboxylic acids is 3. The van der Waals surface area contributed by atoms with E-state index < -0.39 is 11.3 Å². The van der Waals surface area contributed by atoms with E-state index >= 15 is 0 Å². The van der Waals surface area contributed by atoms with Gasteiger partial charge in [0.25, 0.3) is 11.8 Å². The van der Waals surface area contributed by atoms with Gasteiger partial charge < -0.3 is 15.3 Å². The van der Waals surface area contributed by atoms with E-state index in [1.165, 1.54) is 5.01 Å². The summed E-state index contributed by atoms with van der Waals surface area (Å²) in [6.45, 7) is 17.2. The zero-order chi connectivity index (χ0) is 32.8. The number of benzene rings is 2. The molecule has 45 heavy (non-hydrogen) atoms. The molecule has 0 aromatic heterocycles. The van der Waals surface area contributed by atoms with Gasteiger partial charge in [-0.2, -0.15) is 5.10 Å². The number of aliphatic hydroxyl groups excluding tert-OH is 1. The van der Waals surface area contributed by atoms with E-state index in [0.717, 1.165) is 61.2 Å². The Balaban J connectivity index is 1.60. The van der Waals surface area contributed by atoms with Crippen LogP contribution in [0.25, 0.3) is 5.57 Å². The van der Waals surface area contributed by atoms with Gasteiger partial charge in [-0.1, -0.05) is 43.4 Å². The zero-order valence-corrected chi connectivity index (χ0v) is 27.9. The maximum absolute atomic E-state index is 14.0. The van der Waals surface area contributed by atoms with Gasteiger partial charge in [-0.15, -0.1) is 0 Å². The molecule has 0 radical (unpaired) electrons. The summed E-state index contributed by atoms with van der Waals surface area (Å²) in [5.74, 6) is -0.895. The van der Waals surface area contributed by atoms with Gasteiger partial charge in [-0.05, 0) is 97.1 Å². The van der Waals surface area contributed by atoms with Crippen LogP contribution >= 0.6 is 0 Å². The summed E-state index contributed by atoms with van der Waals surface area (Å²) in [4.78, 5) is 43.6. The second kappa shape index (κ2) is 12.3. The highest BCUT2D eigenvalue weighted by molar-refractivity contribution is 6.44. The summed E-state index contributed by atoms with van der Waals surface area (Å²) in [6.07, 6.45) is 5.02. The molecule has 8 heteroatoms. The Morgan fingerprint density at radius 2 is 1.60 bits per heavy atom. The lowest BCUT2D eigenvalue weighted by Gasteiger charge is -2.29. The van der Waals surface area contributed by atoms with Crippen molar-refractivity contribution in [3.8, 4) is 0 Å². The number of nitrogens with one attached hydrogen (secondary N) is 1. The number of hydrogen-bond donors (Lipinski definition) is 2. The van der Waals surface area contributed by atoms with E-state index in [1.807, 2.05) is 65.8 Å². The molecule has 2 aliphatic carbocycles. The lowest BCUT2D eigenvalue weighted by molar-refractivity contribution is -0.130. The number of anilines is 2. The van der Waals surface area contributed by atoms with Crippen LogP contribution in [-0.4, -0.2) is 52.1 Å². The molecule has 2 amide bonds.